The third kappa shape index (κ3) is 3.63. The molecule has 3 rings (SSSR count). The van der Waals surface area contributed by atoms with Crippen LogP contribution in [0, 0.1) is 5.92 Å². The molecule has 22 heavy (non-hydrogen) atoms. The van der Waals surface area contributed by atoms with Gasteiger partial charge in [0.1, 0.15) is 12.1 Å². The van der Waals surface area contributed by atoms with Gasteiger partial charge in [0.25, 0.3) is 0 Å². The van der Waals surface area contributed by atoms with E-state index in [9.17, 15) is 0 Å². The molecule has 0 bridgehead atoms. The molecule has 3 heterocycles. The van der Waals surface area contributed by atoms with Crippen molar-refractivity contribution in [3.05, 3.63) is 36.8 Å². The molecular formula is C16H20N4O2. The molecule has 1 unspecified atom stereocenters. The summed E-state index contributed by atoms with van der Waals surface area (Å²) >= 11 is 0. The molecule has 116 valence electrons. The number of anilines is 1. The van der Waals surface area contributed by atoms with Crippen molar-refractivity contribution >= 4 is 5.82 Å². The monoisotopic (exact) mass is 300 g/mol. The van der Waals surface area contributed by atoms with Crippen molar-refractivity contribution in [3.8, 4) is 11.8 Å². The number of rotatable bonds is 5. The highest BCUT2D eigenvalue weighted by Gasteiger charge is 2.22. The molecule has 2 aromatic heterocycles. The average Bonchev–Trinajstić information content (AvgIpc) is 2.61. The third-order valence-electron chi connectivity index (χ3n) is 3.78. The first-order chi connectivity index (χ1) is 10.8. The minimum absolute atomic E-state index is 0.469. The summed E-state index contributed by atoms with van der Waals surface area (Å²) in [6, 6.07) is 7.58. The topological polar surface area (TPSA) is 60.4 Å². The van der Waals surface area contributed by atoms with Crippen molar-refractivity contribution in [3.63, 3.8) is 0 Å². The predicted octanol–water partition coefficient (Wildman–Crippen LogP) is 2.18. The second-order valence-electron chi connectivity index (χ2n) is 5.35. The van der Waals surface area contributed by atoms with E-state index in [-0.39, 0.29) is 0 Å². The zero-order chi connectivity index (χ0) is 15.2. The summed E-state index contributed by atoms with van der Waals surface area (Å²) in [6.07, 6.45) is 5.58. The molecule has 0 saturated carbocycles. The van der Waals surface area contributed by atoms with E-state index in [1.54, 1.807) is 19.6 Å². The summed E-state index contributed by atoms with van der Waals surface area (Å²) in [4.78, 5) is 14.9. The number of hydrogen-bond donors (Lipinski definition) is 0. The van der Waals surface area contributed by atoms with Crippen LogP contribution < -0.4 is 14.4 Å². The van der Waals surface area contributed by atoms with Crippen LogP contribution in [-0.4, -0.2) is 41.8 Å². The van der Waals surface area contributed by atoms with Gasteiger partial charge >= 0.3 is 0 Å². The maximum Gasteiger partial charge on any atom is 0.218 e. The second-order valence-corrected chi connectivity index (χ2v) is 5.35. The molecule has 0 N–H and O–H groups in total. The summed E-state index contributed by atoms with van der Waals surface area (Å²) in [5.74, 6) is 2.66. The van der Waals surface area contributed by atoms with Gasteiger partial charge in [0.2, 0.25) is 11.8 Å². The standard InChI is InChI=1S/C16H20N4O2/c1-21-16-9-14(18-12-19-16)20-8-4-5-13(10-20)11-22-15-6-2-3-7-17-15/h2-3,6-7,9,12-13H,4-5,8,10-11H2,1H3. The van der Waals surface area contributed by atoms with Crippen LogP contribution in [-0.2, 0) is 0 Å². The molecule has 2 aromatic rings. The molecule has 0 amide bonds. The Balaban J connectivity index is 1.59. The van der Waals surface area contributed by atoms with Crippen molar-refractivity contribution in [2.24, 2.45) is 5.92 Å². The lowest BCUT2D eigenvalue weighted by Crippen LogP contribution is -2.38. The summed E-state index contributed by atoms with van der Waals surface area (Å²) in [5.41, 5.74) is 0. The van der Waals surface area contributed by atoms with Crippen molar-refractivity contribution in [2.75, 3.05) is 31.7 Å². The van der Waals surface area contributed by atoms with E-state index in [2.05, 4.69) is 19.9 Å². The average molecular weight is 300 g/mol. The zero-order valence-electron chi connectivity index (χ0n) is 12.7. The highest BCUT2D eigenvalue weighted by atomic mass is 16.5. The van der Waals surface area contributed by atoms with E-state index in [0.717, 1.165) is 31.7 Å². The van der Waals surface area contributed by atoms with E-state index >= 15 is 0 Å². The minimum Gasteiger partial charge on any atom is -0.481 e. The van der Waals surface area contributed by atoms with Crippen LogP contribution in [0.2, 0.25) is 0 Å². The summed E-state index contributed by atoms with van der Waals surface area (Å²) in [7, 11) is 1.62. The number of aromatic nitrogens is 3. The van der Waals surface area contributed by atoms with Crippen LogP contribution >= 0.6 is 0 Å². The van der Waals surface area contributed by atoms with Gasteiger partial charge in [-0.1, -0.05) is 6.07 Å². The molecule has 1 aliphatic rings. The normalized spacial score (nSPS) is 18.0. The SMILES string of the molecule is COc1cc(N2CCCC(COc3ccccn3)C2)ncn1. The number of pyridine rings is 1. The van der Waals surface area contributed by atoms with Gasteiger partial charge in [-0.3, -0.25) is 0 Å². The van der Waals surface area contributed by atoms with Crippen LogP contribution in [0.15, 0.2) is 36.8 Å². The Bertz CT molecular complexity index is 594. The molecule has 0 spiro atoms. The maximum absolute atomic E-state index is 5.78. The number of ether oxygens (including phenoxy) is 2. The highest BCUT2D eigenvalue weighted by Crippen LogP contribution is 2.23. The molecule has 0 aromatic carbocycles. The van der Waals surface area contributed by atoms with Crippen molar-refractivity contribution in [2.45, 2.75) is 12.8 Å². The van der Waals surface area contributed by atoms with Crippen LogP contribution in [0.25, 0.3) is 0 Å². The summed E-state index contributed by atoms with van der Waals surface area (Å²) < 4.78 is 10.9. The second kappa shape index (κ2) is 7.06. The first-order valence-corrected chi connectivity index (χ1v) is 7.50. The Labute approximate surface area is 130 Å². The van der Waals surface area contributed by atoms with Gasteiger partial charge in [-0.05, 0) is 18.9 Å². The number of methoxy groups -OCH3 is 1. The molecule has 6 heteroatoms. The van der Waals surface area contributed by atoms with Crippen molar-refractivity contribution < 1.29 is 9.47 Å². The van der Waals surface area contributed by atoms with Gasteiger partial charge in [0, 0.05) is 37.3 Å². The van der Waals surface area contributed by atoms with E-state index < -0.39 is 0 Å². The molecule has 1 aliphatic heterocycles. The fraction of sp³-hybridized carbons (Fsp3) is 0.438. The molecule has 0 radical (unpaired) electrons. The largest absolute Gasteiger partial charge is 0.481 e. The van der Waals surface area contributed by atoms with E-state index in [4.69, 9.17) is 9.47 Å². The van der Waals surface area contributed by atoms with Gasteiger partial charge in [-0.15, -0.1) is 0 Å². The number of nitrogens with zero attached hydrogens (tertiary/aromatic N) is 4. The van der Waals surface area contributed by atoms with E-state index in [0.29, 0.717) is 24.3 Å². The van der Waals surface area contributed by atoms with Crippen LogP contribution in [0.3, 0.4) is 0 Å². The lowest BCUT2D eigenvalue weighted by Gasteiger charge is -2.33. The quantitative estimate of drug-likeness (QED) is 0.843. The minimum atomic E-state index is 0.469. The van der Waals surface area contributed by atoms with Gasteiger partial charge in [0.15, 0.2) is 0 Å². The van der Waals surface area contributed by atoms with Gasteiger partial charge in [-0.2, -0.15) is 0 Å². The maximum atomic E-state index is 5.78. The molecule has 1 saturated heterocycles. The smallest absolute Gasteiger partial charge is 0.218 e. The Morgan fingerprint density at radius 1 is 1.23 bits per heavy atom. The molecule has 6 nitrogen and oxygen atoms in total. The third-order valence-corrected chi connectivity index (χ3v) is 3.78. The van der Waals surface area contributed by atoms with Gasteiger partial charge in [0.05, 0.1) is 13.7 Å². The lowest BCUT2D eigenvalue weighted by molar-refractivity contribution is 0.221. The van der Waals surface area contributed by atoms with E-state index in [1.807, 2.05) is 24.3 Å². The Morgan fingerprint density at radius 2 is 2.18 bits per heavy atom. The fourth-order valence-corrected chi connectivity index (χ4v) is 2.66. The highest BCUT2D eigenvalue weighted by molar-refractivity contribution is 5.41. The summed E-state index contributed by atoms with van der Waals surface area (Å²) in [5, 5.41) is 0. The summed E-state index contributed by atoms with van der Waals surface area (Å²) in [6.45, 7) is 2.60. The van der Waals surface area contributed by atoms with Crippen LogP contribution in [0.1, 0.15) is 12.8 Å². The Hall–Kier alpha value is -2.37. The van der Waals surface area contributed by atoms with E-state index in [1.165, 1.54) is 0 Å². The molecule has 1 atom stereocenters. The van der Waals surface area contributed by atoms with Crippen LogP contribution in [0.5, 0.6) is 11.8 Å². The molecular weight excluding hydrogens is 280 g/mol. The zero-order valence-corrected chi connectivity index (χ0v) is 12.7. The Kier molecular flexibility index (Phi) is 4.68. The molecule has 1 fully saturated rings. The fourth-order valence-electron chi connectivity index (χ4n) is 2.66. The van der Waals surface area contributed by atoms with Crippen LogP contribution in [0.4, 0.5) is 5.82 Å². The molecule has 0 aliphatic carbocycles. The van der Waals surface area contributed by atoms with Crippen molar-refractivity contribution in [1.82, 2.24) is 15.0 Å². The first-order valence-electron chi connectivity index (χ1n) is 7.50. The van der Waals surface area contributed by atoms with Gasteiger partial charge < -0.3 is 14.4 Å². The lowest BCUT2D eigenvalue weighted by atomic mass is 9.99. The number of piperidine rings is 1. The van der Waals surface area contributed by atoms with Gasteiger partial charge in [-0.25, -0.2) is 15.0 Å². The first kappa shape index (κ1) is 14.6. The van der Waals surface area contributed by atoms with Crippen molar-refractivity contribution in [1.29, 1.82) is 0 Å². The number of hydrogen-bond acceptors (Lipinski definition) is 6. The Morgan fingerprint density at radius 3 is 3.00 bits per heavy atom. The predicted molar refractivity (Wildman–Crippen MR) is 83.3 cm³/mol.